The van der Waals surface area contributed by atoms with Gasteiger partial charge in [0.15, 0.2) is 16.6 Å². The quantitative estimate of drug-likeness (QED) is 0.482. The zero-order valence-corrected chi connectivity index (χ0v) is 20.3. The minimum atomic E-state index is -0.186. The standard InChI is InChI=1S/C22H24ClN3O4S.ClH/c1-28-18-5-3-4-16(20(18)29-2)21(27)26(9-8-25-10-12-30-13-11-25)22-24-17-7-6-15(23)14-19(17)31-22;/h3-7,14H,8-13H2,1-2H3;1H. The average Bonchev–Trinajstić information content (AvgIpc) is 3.21. The number of benzene rings is 2. The Labute approximate surface area is 202 Å². The summed E-state index contributed by atoms with van der Waals surface area (Å²) >= 11 is 7.60. The number of nitrogens with zero attached hydrogens (tertiary/aromatic N) is 3. The van der Waals surface area contributed by atoms with Gasteiger partial charge < -0.3 is 14.2 Å². The fraction of sp³-hybridized carbons (Fsp3) is 0.364. The van der Waals surface area contributed by atoms with Crippen LogP contribution < -0.4 is 14.4 Å². The Kier molecular flexibility index (Phi) is 8.56. The first-order valence-electron chi connectivity index (χ1n) is 9.99. The van der Waals surface area contributed by atoms with Crippen LogP contribution in [-0.2, 0) is 4.74 Å². The number of rotatable bonds is 7. The Balaban J connectivity index is 0.00000289. The first kappa shape index (κ1) is 24.5. The number of thiazole rings is 1. The third-order valence-corrected chi connectivity index (χ3v) is 6.47. The highest BCUT2D eigenvalue weighted by atomic mass is 35.5. The van der Waals surface area contributed by atoms with Gasteiger partial charge in [0.05, 0.1) is 43.2 Å². The summed E-state index contributed by atoms with van der Waals surface area (Å²) < 4.78 is 17.3. The van der Waals surface area contributed by atoms with Crippen LogP contribution in [0.3, 0.4) is 0 Å². The van der Waals surface area contributed by atoms with E-state index in [1.165, 1.54) is 18.4 Å². The Bertz CT molecular complexity index is 1070. The van der Waals surface area contributed by atoms with E-state index in [4.69, 9.17) is 30.8 Å². The van der Waals surface area contributed by atoms with Gasteiger partial charge >= 0.3 is 0 Å². The zero-order chi connectivity index (χ0) is 21.8. The topological polar surface area (TPSA) is 64.1 Å². The van der Waals surface area contributed by atoms with Gasteiger partial charge in [-0.1, -0.05) is 29.0 Å². The van der Waals surface area contributed by atoms with E-state index in [1.54, 1.807) is 36.3 Å². The van der Waals surface area contributed by atoms with Crippen molar-refractivity contribution in [3.8, 4) is 11.5 Å². The Morgan fingerprint density at radius 2 is 2.00 bits per heavy atom. The number of methoxy groups -OCH3 is 2. The number of carbonyl (C=O) groups excluding carboxylic acids is 1. The molecule has 2 aromatic carbocycles. The maximum absolute atomic E-state index is 13.7. The number of aromatic nitrogens is 1. The van der Waals surface area contributed by atoms with Crippen LogP contribution in [0, 0.1) is 0 Å². The van der Waals surface area contributed by atoms with Crippen molar-refractivity contribution in [1.82, 2.24) is 9.88 Å². The lowest BCUT2D eigenvalue weighted by molar-refractivity contribution is 0.0391. The third kappa shape index (κ3) is 5.27. The van der Waals surface area contributed by atoms with E-state index >= 15 is 0 Å². The van der Waals surface area contributed by atoms with Crippen molar-refractivity contribution in [3.05, 3.63) is 47.0 Å². The van der Waals surface area contributed by atoms with Gasteiger partial charge in [0.25, 0.3) is 5.91 Å². The van der Waals surface area contributed by atoms with Crippen molar-refractivity contribution in [2.45, 2.75) is 0 Å². The Hall–Kier alpha value is -2.10. The molecule has 0 N–H and O–H groups in total. The summed E-state index contributed by atoms with van der Waals surface area (Å²) in [5.41, 5.74) is 1.24. The van der Waals surface area contributed by atoms with Crippen molar-refractivity contribution in [2.24, 2.45) is 0 Å². The number of para-hydroxylation sites is 1. The van der Waals surface area contributed by atoms with Crippen molar-refractivity contribution in [1.29, 1.82) is 0 Å². The summed E-state index contributed by atoms with van der Waals surface area (Å²) in [6.45, 7) is 4.32. The molecule has 0 spiro atoms. The summed E-state index contributed by atoms with van der Waals surface area (Å²) in [5, 5.41) is 1.27. The second-order valence-electron chi connectivity index (χ2n) is 7.06. The number of morpholine rings is 1. The van der Waals surface area contributed by atoms with Gasteiger partial charge in [-0.2, -0.15) is 0 Å². The molecular weight excluding hydrogens is 473 g/mol. The number of hydrogen-bond acceptors (Lipinski definition) is 7. The molecule has 1 aliphatic heterocycles. The lowest BCUT2D eigenvalue weighted by atomic mass is 10.1. The molecule has 0 radical (unpaired) electrons. The van der Waals surface area contributed by atoms with E-state index in [0.717, 1.165) is 29.9 Å². The van der Waals surface area contributed by atoms with Gasteiger partial charge in [0.2, 0.25) is 0 Å². The highest BCUT2D eigenvalue weighted by Gasteiger charge is 2.26. The first-order valence-corrected chi connectivity index (χ1v) is 11.2. The summed E-state index contributed by atoms with van der Waals surface area (Å²) in [6.07, 6.45) is 0. The molecule has 1 amide bonds. The summed E-state index contributed by atoms with van der Waals surface area (Å²) in [6, 6.07) is 10.8. The second kappa shape index (κ2) is 11.2. The second-order valence-corrected chi connectivity index (χ2v) is 8.51. The zero-order valence-electron chi connectivity index (χ0n) is 17.9. The van der Waals surface area contributed by atoms with Crippen LogP contribution in [0.15, 0.2) is 36.4 Å². The van der Waals surface area contributed by atoms with Crippen LogP contribution >= 0.6 is 35.3 Å². The molecule has 7 nitrogen and oxygen atoms in total. The van der Waals surface area contributed by atoms with E-state index in [1.807, 2.05) is 12.1 Å². The lowest BCUT2D eigenvalue weighted by Crippen LogP contribution is -2.43. The van der Waals surface area contributed by atoms with Gasteiger partial charge in [-0.05, 0) is 30.3 Å². The molecular formula is C22H25Cl2N3O4S. The number of fused-ring (bicyclic) bond motifs is 1. The van der Waals surface area contributed by atoms with Crippen LogP contribution in [0.1, 0.15) is 10.4 Å². The number of hydrogen-bond donors (Lipinski definition) is 0. The van der Waals surface area contributed by atoms with Gasteiger partial charge in [-0.3, -0.25) is 14.6 Å². The van der Waals surface area contributed by atoms with Gasteiger partial charge in [0.1, 0.15) is 0 Å². The van der Waals surface area contributed by atoms with Crippen molar-refractivity contribution in [2.75, 3.05) is 58.5 Å². The molecule has 0 atom stereocenters. The van der Waals surface area contributed by atoms with Crippen LogP contribution in [0.2, 0.25) is 5.02 Å². The molecule has 1 saturated heterocycles. The van der Waals surface area contributed by atoms with Gasteiger partial charge in [0, 0.05) is 31.2 Å². The molecule has 3 aromatic rings. The molecule has 0 bridgehead atoms. The van der Waals surface area contributed by atoms with Crippen LogP contribution in [-0.4, -0.2) is 69.4 Å². The number of halogens is 2. The largest absolute Gasteiger partial charge is 0.493 e. The average molecular weight is 498 g/mol. The molecule has 2 heterocycles. The molecule has 4 rings (SSSR count). The molecule has 10 heteroatoms. The number of anilines is 1. The van der Waals surface area contributed by atoms with Gasteiger partial charge in [-0.25, -0.2) is 4.98 Å². The summed E-state index contributed by atoms with van der Waals surface area (Å²) in [5.74, 6) is 0.738. The third-order valence-electron chi connectivity index (χ3n) is 5.19. The molecule has 1 aromatic heterocycles. The van der Waals surface area contributed by atoms with E-state index in [0.29, 0.717) is 47.0 Å². The van der Waals surface area contributed by atoms with Crippen molar-refractivity contribution < 1.29 is 19.0 Å². The molecule has 1 fully saturated rings. The number of ether oxygens (including phenoxy) is 3. The minimum absolute atomic E-state index is 0. The van der Waals surface area contributed by atoms with E-state index in [2.05, 4.69) is 4.90 Å². The van der Waals surface area contributed by atoms with Crippen LogP contribution in [0.25, 0.3) is 10.2 Å². The van der Waals surface area contributed by atoms with Crippen LogP contribution in [0.4, 0.5) is 5.13 Å². The van der Waals surface area contributed by atoms with Gasteiger partial charge in [-0.15, -0.1) is 12.4 Å². The molecule has 0 saturated carbocycles. The molecule has 0 unspecified atom stereocenters. The highest BCUT2D eigenvalue weighted by Crippen LogP contribution is 2.35. The fourth-order valence-corrected chi connectivity index (χ4v) is 4.82. The van der Waals surface area contributed by atoms with Crippen molar-refractivity contribution >= 4 is 56.6 Å². The number of carbonyl (C=O) groups is 1. The van der Waals surface area contributed by atoms with Crippen molar-refractivity contribution in [3.63, 3.8) is 0 Å². The van der Waals surface area contributed by atoms with E-state index in [-0.39, 0.29) is 18.3 Å². The summed E-state index contributed by atoms with van der Waals surface area (Å²) in [4.78, 5) is 22.4. The molecule has 32 heavy (non-hydrogen) atoms. The maximum Gasteiger partial charge on any atom is 0.264 e. The lowest BCUT2D eigenvalue weighted by Gasteiger charge is -2.29. The predicted molar refractivity (Wildman–Crippen MR) is 130 cm³/mol. The Morgan fingerprint density at radius 1 is 1.22 bits per heavy atom. The highest BCUT2D eigenvalue weighted by molar-refractivity contribution is 7.22. The predicted octanol–water partition coefficient (Wildman–Crippen LogP) is 4.37. The minimum Gasteiger partial charge on any atom is -0.493 e. The molecule has 0 aliphatic carbocycles. The fourth-order valence-electron chi connectivity index (χ4n) is 3.55. The van der Waals surface area contributed by atoms with Crippen LogP contribution in [0.5, 0.6) is 11.5 Å². The molecule has 172 valence electrons. The summed E-state index contributed by atoms with van der Waals surface area (Å²) in [7, 11) is 3.09. The smallest absolute Gasteiger partial charge is 0.264 e. The molecule has 1 aliphatic rings. The SMILES string of the molecule is COc1cccc(C(=O)N(CCN2CCOCC2)c2nc3ccc(Cl)cc3s2)c1OC.Cl. The van der Waals surface area contributed by atoms with E-state index in [9.17, 15) is 4.79 Å². The Morgan fingerprint density at radius 3 is 2.72 bits per heavy atom. The monoisotopic (exact) mass is 497 g/mol. The van der Waals surface area contributed by atoms with E-state index < -0.39 is 0 Å². The number of amides is 1. The maximum atomic E-state index is 13.7. The normalized spacial score (nSPS) is 14.1. The first-order chi connectivity index (χ1) is 15.1.